The van der Waals surface area contributed by atoms with Gasteiger partial charge in [0, 0.05) is 12.6 Å². The van der Waals surface area contributed by atoms with E-state index in [0.717, 1.165) is 19.2 Å². The van der Waals surface area contributed by atoms with Crippen LogP contribution in [0.15, 0.2) is 22.6 Å². The van der Waals surface area contributed by atoms with E-state index in [-0.39, 0.29) is 22.1 Å². The van der Waals surface area contributed by atoms with Gasteiger partial charge in [-0.3, -0.25) is 0 Å². The lowest BCUT2D eigenvalue weighted by molar-refractivity contribution is 0.409. The second-order valence-corrected chi connectivity index (χ2v) is 7.12. The molecule has 0 radical (unpaired) electrons. The standard InChI is InChI=1S/C13H13ClFNO5S/c1-3-22(19,20)16(2)13-11(18)10(17)12(21-13)8-6-7(15)4-5-9(8)14/h4-6,17-18H,3H2,1-2H3. The summed E-state index contributed by atoms with van der Waals surface area (Å²) in [6.07, 6.45) is 0. The van der Waals surface area contributed by atoms with Crippen LogP contribution in [-0.4, -0.2) is 31.4 Å². The minimum absolute atomic E-state index is 0.0111. The van der Waals surface area contributed by atoms with Gasteiger partial charge in [0.15, 0.2) is 5.76 Å². The van der Waals surface area contributed by atoms with E-state index in [2.05, 4.69) is 0 Å². The maximum atomic E-state index is 13.3. The summed E-state index contributed by atoms with van der Waals surface area (Å²) in [5, 5.41) is 19.9. The van der Waals surface area contributed by atoms with Crippen LogP contribution in [0.2, 0.25) is 5.02 Å². The predicted molar refractivity (Wildman–Crippen MR) is 80.3 cm³/mol. The highest BCUT2D eigenvalue weighted by Crippen LogP contribution is 2.48. The quantitative estimate of drug-likeness (QED) is 0.885. The number of hydrogen-bond donors (Lipinski definition) is 2. The van der Waals surface area contributed by atoms with Gasteiger partial charge in [0.05, 0.1) is 10.8 Å². The zero-order valence-electron chi connectivity index (χ0n) is 11.7. The van der Waals surface area contributed by atoms with Gasteiger partial charge >= 0.3 is 0 Å². The van der Waals surface area contributed by atoms with Gasteiger partial charge in [0.2, 0.25) is 21.5 Å². The molecule has 0 amide bonds. The molecule has 0 bridgehead atoms. The van der Waals surface area contributed by atoms with Crippen LogP contribution >= 0.6 is 11.6 Å². The fourth-order valence-corrected chi connectivity index (χ4v) is 2.76. The van der Waals surface area contributed by atoms with Crippen LogP contribution in [0.4, 0.5) is 10.3 Å². The summed E-state index contributed by atoms with van der Waals surface area (Å²) in [7, 11) is -2.56. The van der Waals surface area contributed by atoms with Crippen molar-refractivity contribution < 1.29 is 27.4 Å². The Kier molecular flexibility index (Phi) is 4.25. The van der Waals surface area contributed by atoms with Gasteiger partial charge in [0.25, 0.3) is 5.88 Å². The fourth-order valence-electron chi connectivity index (χ4n) is 1.79. The number of hydrogen-bond acceptors (Lipinski definition) is 5. The molecule has 0 aliphatic heterocycles. The Morgan fingerprint density at radius 1 is 1.32 bits per heavy atom. The van der Waals surface area contributed by atoms with Crippen molar-refractivity contribution >= 4 is 27.5 Å². The molecule has 0 fully saturated rings. The summed E-state index contributed by atoms with van der Waals surface area (Å²) in [5.41, 5.74) is -0.0111. The predicted octanol–water partition coefficient (Wildman–Crippen LogP) is 2.94. The number of rotatable bonds is 4. The zero-order valence-corrected chi connectivity index (χ0v) is 13.2. The minimum atomic E-state index is -3.72. The SMILES string of the molecule is CCS(=O)(=O)N(C)c1oc(-c2cc(F)ccc2Cl)c(O)c1O. The number of sulfonamides is 1. The number of aromatic hydroxyl groups is 2. The molecule has 9 heteroatoms. The lowest BCUT2D eigenvalue weighted by Crippen LogP contribution is -2.27. The third-order valence-corrected chi connectivity index (χ3v) is 5.14. The Hall–Kier alpha value is -1.93. The Morgan fingerprint density at radius 3 is 2.55 bits per heavy atom. The molecule has 0 saturated carbocycles. The van der Waals surface area contributed by atoms with E-state index in [9.17, 15) is 23.0 Å². The topological polar surface area (TPSA) is 91.0 Å². The molecular formula is C13H13ClFNO5S. The molecule has 2 rings (SSSR count). The first-order chi connectivity index (χ1) is 10.2. The molecule has 22 heavy (non-hydrogen) atoms. The third-order valence-electron chi connectivity index (χ3n) is 3.08. The van der Waals surface area contributed by atoms with Gasteiger partial charge in [-0.2, -0.15) is 0 Å². The molecule has 0 aliphatic carbocycles. The molecule has 1 aromatic heterocycles. The molecule has 2 N–H and O–H groups in total. The van der Waals surface area contributed by atoms with E-state index in [0.29, 0.717) is 4.31 Å². The Balaban J connectivity index is 2.63. The number of furan rings is 1. The highest BCUT2D eigenvalue weighted by molar-refractivity contribution is 7.92. The van der Waals surface area contributed by atoms with Gasteiger partial charge in [-0.1, -0.05) is 11.6 Å². The first-order valence-corrected chi connectivity index (χ1v) is 8.14. The van der Waals surface area contributed by atoms with E-state index in [1.165, 1.54) is 13.0 Å². The molecule has 2 aromatic rings. The van der Waals surface area contributed by atoms with Crippen LogP contribution in [0, 0.1) is 5.82 Å². The van der Waals surface area contributed by atoms with Crippen molar-refractivity contribution in [3.05, 3.63) is 29.0 Å². The van der Waals surface area contributed by atoms with Crippen LogP contribution in [0.25, 0.3) is 11.3 Å². The molecule has 120 valence electrons. The summed E-state index contributed by atoms with van der Waals surface area (Å²) >= 11 is 5.91. The van der Waals surface area contributed by atoms with Crippen LogP contribution in [0.3, 0.4) is 0 Å². The van der Waals surface area contributed by atoms with Crippen molar-refractivity contribution in [2.45, 2.75) is 6.92 Å². The lowest BCUT2D eigenvalue weighted by Gasteiger charge is -2.14. The average molecular weight is 350 g/mol. The number of nitrogens with zero attached hydrogens (tertiary/aromatic N) is 1. The van der Waals surface area contributed by atoms with Crippen LogP contribution < -0.4 is 4.31 Å². The van der Waals surface area contributed by atoms with E-state index >= 15 is 0 Å². The highest BCUT2D eigenvalue weighted by atomic mass is 35.5. The highest BCUT2D eigenvalue weighted by Gasteiger charge is 2.29. The molecule has 0 aliphatic rings. The van der Waals surface area contributed by atoms with Crippen LogP contribution in [0.5, 0.6) is 11.5 Å². The molecule has 0 atom stereocenters. The molecule has 0 unspecified atom stereocenters. The molecule has 1 heterocycles. The van der Waals surface area contributed by atoms with Gasteiger partial charge < -0.3 is 14.6 Å². The van der Waals surface area contributed by atoms with Crippen molar-refractivity contribution in [3.63, 3.8) is 0 Å². The fraction of sp³-hybridized carbons (Fsp3) is 0.231. The van der Waals surface area contributed by atoms with Crippen molar-refractivity contribution in [1.29, 1.82) is 0 Å². The minimum Gasteiger partial charge on any atom is -0.502 e. The molecule has 1 aromatic carbocycles. The molecular weight excluding hydrogens is 337 g/mol. The van der Waals surface area contributed by atoms with E-state index in [1.54, 1.807) is 0 Å². The average Bonchev–Trinajstić information content (AvgIpc) is 2.77. The normalized spacial score (nSPS) is 11.6. The summed E-state index contributed by atoms with van der Waals surface area (Å²) in [6.45, 7) is 1.41. The van der Waals surface area contributed by atoms with Gasteiger partial charge in [-0.25, -0.2) is 17.1 Å². The maximum Gasteiger partial charge on any atom is 0.256 e. The first kappa shape index (κ1) is 16.4. The number of anilines is 1. The first-order valence-electron chi connectivity index (χ1n) is 6.15. The molecule has 6 nitrogen and oxygen atoms in total. The van der Waals surface area contributed by atoms with Crippen molar-refractivity contribution in [2.75, 3.05) is 17.1 Å². The number of benzene rings is 1. The molecule has 0 saturated heterocycles. The number of halogens is 2. The van der Waals surface area contributed by atoms with Crippen molar-refractivity contribution in [2.24, 2.45) is 0 Å². The summed E-state index contributed by atoms with van der Waals surface area (Å²) < 4.78 is 42.9. The largest absolute Gasteiger partial charge is 0.502 e. The second-order valence-electron chi connectivity index (χ2n) is 4.43. The summed E-state index contributed by atoms with van der Waals surface area (Å²) in [6, 6.07) is 3.36. The van der Waals surface area contributed by atoms with Crippen LogP contribution in [0.1, 0.15) is 6.92 Å². The summed E-state index contributed by atoms with van der Waals surface area (Å²) in [5.74, 6) is -3.16. The second kappa shape index (κ2) is 5.69. The zero-order chi connectivity index (χ0) is 16.7. The lowest BCUT2D eigenvalue weighted by atomic mass is 10.1. The van der Waals surface area contributed by atoms with Crippen molar-refractivity contribution in [1.82, 2.24) is 0 Å². The summed E-state index contributed by atoms with van der Waals surface area (Å²) in [4.78, 5) is 0. The van der Waals surface area contributed by atoms with Gasteiger partial charge in [0.1, 0.15) is 5.82 Å². The Morgan fingerprint density at radius 2 is 1.95 bits per heavy atom. The van der Waals surface area contributed by atoms with Crippen molar-refractivity contribution in [3.8, 4) is 22.8 Å². The van der Waals surface area contributed by atoms with Gasteiger partial charge in [-0.15, -0.1) is 0 Å². The van der Waals surface area contributed by atoms with Crippen LogP contribution in [-0.2, 0) is 10.0 Å². The monoisotopic (exact) mass is 349 g/mol. The smallest absolute Gasteiger partial charge is 0.256 e. The van der Waals surface area contributed by atoms with E-state index in [4.69, 9.17) is 16.0 Å². The Labute approximate surface area is 131 Å². The maximum absolute atomic E-state index is 13.3. The van der Waals surface area contributed by atoms with Gasteiger partial charge in [-0.05, 0) is 25.1 Å². The van der Waals surface area contributed by atoms with E-state index in [1.807, 2.05) is 0 Å². The van der Waals surface area contributed by atoms with E-state index < -0.39 is 33.2 Å². The molecule has 0 spiro atoms. The third kappa shape index (κ3) is 2.71. The Bertz CT molecular complexity index is 818.